The normalized spacial score (nSPS) is 10.2. The van der Waals surface area contributed by atoms with E-state index in [1.54, 1.807) is 11.3 Å². The van der Waals surface area contributed by atoms with Crippen molar-refractivity contribution in [3.05, 3.63) is 51.7 Å². The number of aryl methyl sites for hydroxylation is 1. The maximum Gasteiger partial charge on any atom is 0.310 e. The molecule has 0 unspecified atom stereocenters. The third-order valence-electron chi connectivity index (χ3n) is 2.86. The number of esters is 1. The molecule has 1 heterocycles. The molecule has 100 valence electrons. The van der Waals surface area contributed by atoms with Crippen LogP contribution in [-0.2, 0) is 22.5 Å². The molecule has 0 spiro atoms. The summed E-state index contributed by atoms with van der Waals surface area (Å²) >= 11 is 1.64. The van der Waals surface area contributed by atoms with Crippen molar-refractivity contribution in [2.24, 2.45) is 0 Å². The van der Waals surface area contributed by atoms with Gasteiger partial charge < -0.3 is 10.1 Å². The summed E-state index contributed by atoms with van der Waals surface area (Å²) in [5.74, 6) is -0.194. The standard InChI is InChI=1S/C15H17NO2S/c1-11-5-3-4-6-14(11)16-10-13-8-7-12(19-13)9-15(17)18-2/h3-8,16H,9-10H2,1-2H3. The Bertz CT molecular complexity index is 563. The van der Waals surface area contributed by atoms with Crippen LogP contribution in [0.5, 0.6) is 0 Å². The maximum atomic E-state index is 11.2. The molecule has 0 aliphatic carbocycles. The molecule has 0 aliphatic heterocycles. The second kappa shape index (κ2) is 6.38. The molecular formula is C15H17NO2S. The summed E-state index contributed by atoms with van der Waals surface area (Å²) in [6.45, 7) is 2.86. The van der Waals surface area contributed by atoms with E-state index < -0.39 is 0 Å². The molecule has 0 fully saturated rings. The Labute approximate surface area is 117 Å². The lowest BCUT2D eigenvalue weighted by molar-refractivity contribution is -0.139. The fourth-order valence-corrected chi connectivity index (χ4v) is 2.72. The van der Waals surface area contributed by atoms with Crippen LogP contribution in [0.1, 0.15) is 15.3 Å². The van der Waals surface area contributed by atoms with Crippen LogP contribution in [0.15, 0.2) is 36.4 Å². The van der Waals surface area contributed by atoms with E-state index in [2.05, 4.69) is 29.1 Å². The lowest BCUT2D eigenvalue weighted by Gasteiger charge is -2.07. The summed E-state index contributed by atoms with van der Waals surface area (Å²) in [5.41, 5.74) is 2.37. The van der Waals surface area contributed by atoms with E-state index in [0.29, 0.717) is 6.42 Å². The van der Waals surface area contributed by atoms with E-state index in [-0.39, 0.29) is 5.97 Å². The van der Waals surface area contributed by atoms with Gasteiger partial charge in [0.1, 0.15) is 0 Å². The number of carbonyl (C=O) groups is 1. The fourth-order valence-electron chi connectivity index (χ4n) is 1.78. The minimum atomic E-state index is -0.194. The Morgan fingerprint density at radius 3 is 2.68 bits per heavy atom. The first-order valence-electron chi connectivity index (χ1n) is 6.13. The van der Waals surface area contributed by atoms with Gasteiger partial charge in [-0.2, -0.15) is 0 Å². The number of rotatable bonds is 5. The first-order valence-corrected chi connectivity index (χ1v) is 6.94. The van der Waals surface area contributed by atoms with Crippen molar-refractivity contribution in [2.45, 2.75) is 19.9 Å². The SMILES string of the molecule is COC(=O)Cc1ccc(CNc2ccccc2C)s1. The van der Waals surface area contributed by atoms with E-state index >= 15 is 0 Å². The van der Waals surface area contributed by atoms with Gasteiger partial charge in [0.15, 0.2) is 0 Å². The Morgan fingerprint density at radius 2 is 1.95 bits per heavy atom. The Hall–Kier alpha value is -1.81. The highest BCUT2D eigenvalue weighted by molar-refractivity contribution is 7.12. The lowest BCUT2D eigenvalue weighted by atomic mass is 10.2. The summed E-state index contributed by atoms with van der Waals surface area (Å²) in [4.78, 5) is 13.4. The number of nitrogens with one attached hydrogen (secondary N) is 1. The number of anilines is 1. The molecule has 0 bridgehead atoms. The van der Waals surface area contributed by atoms with Gasteiger partial charge in [-0.15, -0.1) is 11.3 Å². The van der Waals surface area contributed by atoms with Gasteiger partial charge in [-0.05, 0) is 30.7 Å². The van der Waals surface area contributed by atoms with E-state index in [9.17, 15) is 4.79 Å². The van der Waals surface area contributed by atoms with Crippen molar-refractivity contribution >= 4 is 23.0 Å². The predicted octanol–water partition coefficient (Wildman–Crippen LogP) is 3.38. The van der Waals surface area contributed by atoms with Crippen LogP contribution < -0.4 is 5.32 Å². The highest BCUT2D eigenvalue weighted by atomic mass is 32.1. The summed E-state index contributed by atoms with van der Waals surface area (Å²) in [5, 5.41) is 3.40. The molecule has 0 atom stereocenters. The first kappa shape index (κ1) is 13.6. The van der Waals surface area contributed by atoms with Crippen molar-refractivity contribution in [3.63, 3.8) is 0 Å². The lowest BCUT2D eigenvalue weighted by Crippen LogP contribution is -2.02. The van der Waals surface area contributed by atoms with Gasteiger partial charge in [0.25, 0.3) is 0 Å². The van der Waals surface area contributed by atoms with Crippen LogP contribution in [0, 0.1) is 6.92 Å². The number of benzene rings is 1. The van der Waals surface area contributed by atoms with Crippen LogP contribution in [0.25, 0.3) is 0 Å². The molecule has 4 heteroatoms. The smallest absolute Gasteiger partial charge is 0.310 e. The molecule has 19 heavy (non-hydrogen) atoms. The number of methoxy groups -OCH3 is 1. The number of ether oxygens (including phenoxy) is 1. The second-order valence-electron chi connectivity index (χ2n) is 4.29. The Balaban J connectivity index is 1.94. The van der Waals surface area contributed by atoms with E-state index in [0.717, 1.165) is 17.1 Å². The van der Waals surface area contributed by atoms with Crippen LogP contribution in [0.4, 0.5) is 5.69 Å². The molecule has 1 N–H and O–H groups in total. The molecule has 2 rings (SSSR count). The van der Waals surface area contributed by atoms with Gasteiger partial charge >= 0.3 is 5.97 Å². The molecule has 0 radical (unpaired) electrons. The Morgan fingerprint density at radius 1 is 1.21 bits per heavy atom. The van der Waals surface area contributed by atoms with Gasteiger partial charge in [0.2, 0.25) is 0 Å². The number of thiophene rings is 1. The molecule has 3 nitrogen and oxygen atoms in total. The van der Waals surface area contributed by atoms with Crippen molar-refractivity contribution in [2.75, 3.05) is 12.4 Å². The average Bonchev–Trinajstić information content (AvgIpc) is 2.85. The topological polar surface area (TPSA) is 38.3 Å². The molecule has 1 aromatic heterocycles. The van der Waals surface area contributed by atoms with Crippen LogP contribution in [-0.4, -0.2) is 13.1 Å². The minimum Gasteiger partial charge on any atom is -0.469 e. The molecule has 2 aromatic rings. The van der Waals surface area contributed by atoms with E-state index in [1.807, 2.05) is 24.3 Å². The fraction of sp³-hybridized carbons (Fsp3) is 0.267. The molecular weight excluding hydrogens is 258 g/mol. The first-order chi connectivity index (χ1) is 9.19. The van der Waals surface area contributed by atoms with Crippen molar-refractivity contribution in [1.82, 2.24) is 0 Å². The van der Waals surface area contributed by atoms with Gasteiger partial charge in [0.05, 0.1) is 13.5 Å². The van der Waals surface area contributed by atoms with Crippen molar-refractivity contribution in [1.29, 1.82) is 0 Å². The van der Waals surface area contributed by atoms with Crippen molar-refractivity contribution < 1.29 is 9.53 Å². The molecule has 0 saturated heterocycles. The quantitative estimate of drug-likeness (QED) is 0.850. The number of para-hydroxylation sites is 1. The third-order valence-corrected chi connectivity index (χ3v) is 3.95. The van der Waals surface area contributed by atoms with Crippen LogP contribution in [0.3, 0.4) is 0 Å². The molecule has 0 saturated carbocycles. The summed E-state index contributed by atoms with van der Waals surface area (Å²) in [6, 6.07) is 12.2. The average molecular weight is 275 g/mol. The van der Waals surface area contributed by atoms with Crippen LogP contribution >= 0.6 is 11.3 Å². The summed E-state index contributed by atoms with van der Waals surface area (Å²) < 4.78 is 4.66. The zero-order valence-corrected chi connectivity index (χ0v) is 11.9. The summed E-state index contributed by atoms with van der Waals surface area (Å²) in [7, 11) is 1.41. The number of carbonyl (C=O) groups excluding carboxylic acids is 1. The zero-order valence-electron chi connectivity index (χ0n) is 11.1. The molecule has 0 amide bonds. The number of hydrogen-bond acceptors (Lipinski definition) is 4. The van der Waals surface area contributed by atoms with E-state index in [1.165, 1.54) is 17.6 Å². The number of hydrogen-bond donors (Lipinski definition) is 1. The zero-order chi connectivity index (χ0) is 13.7. The molecule has 0 aliphatic rings. The third kappa shape index (κ3) is 3.83. The summed E-state index contributed by atoms with van der Waals surface area (Å²) in [6.07, 6.45) is 0.353. The second-order valence-corrected chi connectivity index (χ2v) is 5.54. The van der Waals surface area contributed by atoms with Gasteiger partial charge in [-0.3, -0.25) is 4.79 Å². The van der Waals surface area contributed by atoms with E-state index in [4.69, 9.17) is 0 Å². The predicted molar refractivity (Wildman–Crippen MR) is 78.5 cm³/mol. The van der Waals surface area contributed by atoms with Gasteiger partial charge in [0, 0.05) is 22.0 Å². The molecule has 1 aromatic carbocycles. The minimum absolute atomic E-state index is 0.194. The Kier molecular flexibility index (Phi) is 4.58. The highest BCUT2D eigenvalue weighted by Gasteiger charge is 2.06. The van der Waals surface area contributed by atoms with Crippen molar-refractivity contribution in [3.8, 4) is 0 Å². The maximum absolute atomic E-state index is 11.2. The van der Waals surface area contributed by atoms with Gasteiger partial charge in [-0.1, -0.05) is 18.2 Å². The highest BCUT2D eigenvalue weighted by Crippen LogP contribution is 2.20. The van der Waals surface area contributed by atoms with Crippen LogP contribution in [0.2, 0.25) is 0 Å². The largest absolute Gasteiger partial charge is 0.469 e. The van der Waals surface area contributed by atoms with Gasteiger partial charge in [-0.25, -0.2) is 0 Å². The monoisotopic (exact) mass is 275 g/mol.